The SMILES string of the molecule is CN1CCc2nc3sc(C(=O)Nc4cccc(Cl)c4)c(N)c3cc2C1. The summed E-state index contributed by atoms with van der Waals surface area (Å²) in [6, 6.07) is 9.12. The lowest BCUT2D eigenvalue weighted by Gasteiger charge is -2.24. The Morgan fingerprint density at radius 1 is 1.40 bits per heavy atom. The van der Waals surface area contributed by atoms with Crippen LogP contribution in [0, 0.1) is 0 Å². The fraction of sp³-hybridized carbons (Fsp3) is 0.222. The fourth-order valence-corrected chi connectivity index (χ4v) is 4.24. The molecule has 1 aliphatic rings. The molecule has 2 aromatic heterocycles. The molecular weight excluding hydrogens is 356 g/mol. The normalized spacial score (nSPS) is 14.5. The molecule has 0 radical (unpaired) electrons. The molecule has 0 saturated heterocycles. The van der Waals surface area contributed by atoms with Crippen LogP contribution < -0.4 is 11.1 Å². The highest BCUT2D eigenvalue weighted by Crippen LogP contribution is 2.35. The average molecular weight is 373 g/mol. The Kier molecular flexibility index (Phi) is 4.11. The number of benzene rings is 1. The van der Waals surface area contributed by atoms with Crippen molar-refractivity contribution in [3.63, 3.8) is 0 Å². The number of carbonyl (C=O) groups excluding carboxylic acids is 1. The molecule has 4 rings (SSSR count). The number of rotatable bonds is 2. The van der Waals surface area contributed by atoms with E-state index in [4.69, 9.17) is 22.3 Å². The number of halogens is 1. The van der Waals surface area contributed by atoms with Gasteiger partial charge in [0.2, 0.25) is 0 Å². The van der Waals surface area contributed by atoms with Gasteiger partial charge in [0.15, 0.2) is 0 Å². The van der Waals surface area contributed by atoms with Crippen LogP contribution >= 0.6 is 22.9 Å². The monoisotopic (exact) mass is 372 g/mol. The molecule has 0 unspecified atom stereocenters. The van der Waals surface area contributed by atoms with Crippen LogP contribution in [-0.2, 0) is 13.0 Å². The zero-order valence-electron chi connectivity index (χ0n) is 13.7. The van der Waals surface area contributed by atoms with Crippen LogP contribution in [0.4, 0.5) is 11.4 Å². The Morgan fingerprint density at radius 3 is 3.04 bits per heavy atom. The fourth-order valence-electron chi connectivity index (χ4n) is 3.06. The maximum Gasteiger partial charge on any atom is 0.267 e. The van der Waals surface area contributed by atoms with E-state index < -0.39 is 0 Å². The van der Waals surface area contributed by atoms with Gasteiger partial charge in [-0.1, -0.05) is 17.7 Å². The molecule has 0 saturated carbocycles. The van der Waals surface area contributed by atoms with Gasteiger partial charge in [-0.05, 0) is 36.9 Å². The van der Waals surface area contributed by atoms with E-state index in [0.29, 0.717) is 21.3 Å². The number of likely N-dealkylation sites (N-methyl/N-ethyl adjacent to an activating group) is 1. The number of hydrogen-bond donors (Lipinski definition) is 2. The molecular formula is C18H17ClN4OS. The largest absolute Gasteiger partial charge is 0.397 e. The zero-order valence-corrected chi connectivity index (χ0v) is 15.2. The summed E-state index contributed by atoms with van der Waals surface area (Å²) in [5.74, 6) is -0.238. The maximum absolute atomic E-state index is 12.6. The van der Waals surface area contributed by atoms with Gasteiger partial charge in [-0.2, -0.15) is 0 Å². The lowest BCUT2D eigenvalue weighted by Crippen LogP contribution is -2.27. The summed E-state index contributed by atoms with van der Waals surface area (Å²) in [5, 5.41) is 4.28. The summed E-state index contributed by atoms with van der Waals surface area (Å²) in [7, 11) is 2.09. The summed E-state index contributed by atoms with van der Waals surface area (Å²) < 4.78 is 0. The van der Waals surface area contributed by atoms with Crippen molar-refractivity contribution < 1.29 is 4.79 Å². The van der Waals surface area contributed by atoms with E-state index in [-0.39, 0.29) is 5.91 Å². The Morgan fingerprint density at radius 2 is 2.24 bits per heavy atom. The number of aromatic nitrogens is 1. The van der Waals surface area contributed by atoms with Crippen molar-refractivity contribution >= 4 is 50.4 Å². The van der Waals surface area contributed by atoms with E-state index in [1.807, 2.05) is 0 Å². The summed E-state index contributed by atoms with van der Waals surface area (Å²) in [6.07, 6.45) is 0.920. The highest BCUT2D eigenvalue weighted by atomic mass is 35.5. The topological polar surface area (TPSA) is 71.2 Å². The molecule has 3 N–H and O–H groups in total. The zero-order chi connectivity index (χ0) is 17.6. The molecule has 25 heavy (non-hydrogen) atoms. The van der Waals surface area contributed by atoms with Gasteiger partial charge >= 0.3 is 0 Å². The van der Waals surface area contributed by atoms with E-state index in [1.165, 1.54) is 16.9 Å². The van der Waals surface area contributed by atoms with E-state index in [0.717, 1.165) is 35.4 Å². The molecule has 0 aliphatic carbocycles. The average Bonchev–Trinajstić information content (AvgIpc) is 2.89. The second kappa shape index (κ2) is 6.29. The molecule has 7 heteroatoms. The smallest absolute Gasteiger partial charge is 0.267 e. The van der Waals surface area contributed by atoms with Gasteiger partial charge in [-0.3, -0.25) is 4.79 Å². The number of fused-ring (bicyclic) bond motifs is 2. The van der Waals surface area contributed by atoms with Gasteiger partial charge in [-0.15, -0.1) is 11.3 Å². The minimum absolute atomic E-state index is 0.238. The second-order valence-electron chi connectivity index (χ2n) is 6.24. The first-order valence-electron chi connectivity index (χ1n) is 7.97. The van der Waals surface area contributed by atoms with Crippen molar-refractivity contribution in [1.82, 2.24) is 9.88 Å². The molecule has 0 atom stereocenters. The molecule has 0 bridgehead atoms. The summed E-state index contributed by atoms with van der Waals surface area (Å²) in [4.78, 5) is 20.9. The van der Waals surface area contributed by atoms with Crippen LogP contribution in [0.3, 0.4) is 0 Å². The molecule has 128 valence electrons. The summed E-state index contributed by atoms with van der Waals surface area (Å²) in [5.41, 5.74) is 9.68. The van der Waals surface area contributed by atoms with Crippen molar-refractivity contribution in [1.29, 1.82) is 0 Å². The van der Waals surface area contributed by atoms with Crippen molar-refractivity contribution in [3.8, 4) is 0 Å². The Labute approximate surface area is 154 Å². The van der Waals surface area contributed by atoms with Crippen LogP contribution in [0.25, 0.3) is 10.2 Å². The molecule has 1 aromatic carbocycles. The summed E-state index contributed by atoms with van der Waals surface area (Å²) in [6.45, 7) is 1.85. The third kappa shape index (κ3) is 3.08. The molecule has 3 aromatic rings. The van der Waals surface area contributed by atoms with Crippen LogP contribution in [0.5, 0.6) is 0 Å². The highest BCUT2D eigenvalue weighted by molar-refractivity contribution is 7.21. The quantitative estimate of drug-likeness (QED) is 0.718. The number of nitrogens with one attached hydrogen (secondary N) is 1. The van der Waals surface area contributed by atoms with Gasteiger partial charge in [0.05, 0.1) is 5.69 Å². The predicted molar refractivity (Wildman–Crippen MR) is 103 cm³/mol. The number of nitrogens with two attached hydrogens (primary N) is 1. The van der Waals surface area contributed by atoms with Gasteiger partial charge in [0.25, 0.3) is 5.91 Å². The summed E-state index contributed by atoms with van der Waals surface area (Å²) >= 11 is 7.30. The van der Waals surface area contributed by atoms with Gasteiger partial charge in [0, 0.05) is 41.3 Å². The van der Waals surface area contributed by atoms with Crippen LogP contribution in [0.1, 0.15) is 20.9 Å². The standard InChI is InChI=1S/C18H17ClN4OS/c1-23-6-5-14-10(9-23)7-13-15(20)16(25-18(13)22-14)17(24)21-12-4-2-3-11(19)8-12/h2-4,7-8H,5-6,9,20H2,1H3,(H,21,24). The van der Waals surface area contributed by atoms with Gasteiger partial charge in [-0.25, -0.2) is 4.98 Å². The van der Waals surface area contributed by atoms with Gasteiger partial charge < -0.3 is 16.0 Å². The molecule has 1 aliphatic heterocycles. The molecule has 5 nitrogen and oxygen atoms in total. The Hall–Kier alpha value is -2.15. The van der Waals surface area contributed by atoms with Crippen LogP contribution in [0.15, 0.2) is 30.3 Å². The number of nitrogen functional groups attached to an aromatic ring is 1. The Bertz CT molecular complexity index is 985. The number of carbonyl (C=O) groups is 1. The maximum atomic E-state index is 12.6. The third-order valence-electron chi connectivity index (χ3n) is 4.35. The lowest BCUT2D eigenvalue weighted by atomic mass is 10.0. The van der Waals surface area contributed by atoms with E-state index in [1.54, 1.807) is 24.3 Å². The number of anilines is 2. The minimum Gasteiger partial charge on any atom is -0.397 e. The molecule has 3 heterocycles. The predicted octanol–water partition coefficient (Wildman–Crippen LogP) is 3.77. The Balaban J connectivity index is 1.70. The number of nitrogens with zero attached hydrogens (tertiary/aromatic N) is 2. The van der Waals surface area contributed by atoms with E-state index >= 15 is 0 Å². The highest BCUT2D eigenvalue weighted by Gasteiger charge is 2.21. The van der Waals surface area contributed by atoms with Crippen molar-refractivity contribution in [2.24, 2.45) is 0 Å². The van der Waals surface area contributed by atoms with Crippen LogP contribution in [0.2, 0.25) is 5.02 Å². The number of amides is 1. The van der Waals surface area contributed by atoms with Gasteiger partial charge in [0.1, 0.15) is 9.71 Å². The van der Waals surface area contributed by atoms with Crippen LogP contribution in [-0.4, -0.2) is 29.4 Å². The van der Waals surface area contributed by atoms with Crippen molar-refractivity contribution in [2.75, 3.05) is 24.6 Å². The van der Waals surface area contributed by atoms with E-state index in [2.05, 4.69) is 23.3 Å². The lowest BCUT2D eigenvalue weighted by molar-refractivity contribution is 0.103. The first-order valence-corrected chi connectivity index (χ1v) is 9.17. The first-order chi connectivity index (χ1) is 12.0. The number of pyridine rings is 1. The molecule has 0 spiro atoms. The second-order valence-corrected chi connectivity index (χ2v) is 7.68. The third-order valence-corrected chi connectivity index (χ3v) is 5.70. The van der Waals surface area contributed by atoms with E-state index in [9.17, 15) is 4.79 Å². The molecule has 1 amide bonds. The molecule has 0 fully saturated rings. The van der Waals surface area contributed by atoms with Crippen molar-refractivity contribution in [2.45, 2.75) is 13.0 Å². The number of thiophene rings is 1. The minimum atomic E-state index is -0.238. The first kappa shape index (κ1) is 16.3. The van der Waals surface area contributed by atoms with Crippen molar-refractivity contribution in [3.05, 3.63) is 51.5 Å². The number of hydrogen-bond acceptors (Lipinski definition) is 5.